The summed E-state index contributed by atoms with van der Waals surface area (Å²) < 4.78 is 32.6. The van der Waals surface area contributed by atoms with E-state index in [0.717, 1.165) is 16.9 Å². The lowest BCUT2D eigenvalue weighted by Crippen LogP contribution is -2.46. The second kappa shape index (κ2) is 10.1. The number of sulfonamides is 1. The molecule has 1 fully saturated rings. The number of nitrogens with one attached hydrogen (secondary N) is 1. The third-order valence-electron chi connectivity index (χ3n) is 5.38. The lowest BCUT2D eigenvalue weighted by Gasteiger charge is -2.31. The molecule has 0 aromatic heterocycles. The highest BCUT2D eigenvalue weighted by molar-refractivity contribution is 7.88. The normalized spacial score (nSPS) is 16.7. The van der Waals surface area contributed by atoms with Gasteiger partial charge in [-0.1, -0.05) is 48.5 Å². The summed E-state index contributed by atoms with van der Waals surface area (Å²) >= 11 is 0. The fourth-order valence-electron chi connectivity index (χ4n) is 3.61. The molecular formula is C23H30N2O4S. The van der Waals surface area contributed by atoms with Crippen molar-refractivity contribution in [2.24, 2.45) is 5.92 Å². The van der Waals surface area contributed by atoms with E-state index in [4.69, 9.17) is 4.74 Å². The molecule has 0 unspecified atom stereocenters. The van der Waals surface area contributed by atoms with Crippen molar-refractivity contribution in [2.45, 2.75) is 38.5 Å². The Morgan fingerprint density at radius 2 is 1.73 bits per heavy atom. The van der Waals surface area contributed by atoms with Crippen molar-refractivity contribution in [1.82, 2.24) is 9.62 Å². The SMILES string of the molecule is Cc1ccccc1OC[C@@H](C)NC(=O)C1CCN(S(=O)(=O)Cc2ccccc2)CC1. The number of carbonyl (C=O) groups excluding carboxylic acids is 1. The van der Waals surface area contributed by atoms with Gasteiger partial charge in [-0.05, 0) is 43.9 Å². The molecule has 2 aromatic rings. The smallest absolute Gasteiger partial charge is 0.223 e. The van der Waals surface area contributed by atoms with Gasteiger partial charge < -0.3 is 10.1 Å². The monoisotopic (exact) mass is 430 g/mol. The molecule has 6 nitrogen and oxygen atoms in total. The van der Waals surface area contributed by atoms with Crippen molar-refractivity contribution in [3.05, 3.63) is 65.7 Å². The first-order valence-electron chi connectivity index (χ1n) is 10.4. The van der Waals surface area contributed by atoms with Crippen LogP contribution in [0.3, 0.4) is 0 Å². The molecule has 162 valence electrons. The topological polar surface area (TPSA) is 75.7 Å². The summed E-state index contributed by atoms with van der Waals surface area (Å²) in [5.74, 6) is 0.610. The van der Waals surface area contributed by atoms with E-state index in [0.29, 0.717) is 32.5 Å². The molecule has 3 rings (SSSR count). The van der Waals surface area contributed by atoms with Crippen LogP contribution < -0.4 is 10.1 Å². The second-order valence-corrected chi connectivity index (χ2v) is 9.87. The molecule has 7 heteroatoms. The van der Waals surface area contributed by atoms with Crippen molar-refractivity contribution in [2.75, 3.05) is 19.7 Å². The Labute approximate surface area is 179 Å². The van der Waals surface area contributed by atoms with Gasteiger partial charge in [-0.15, -0.1) is 0 Å². The van der Waals surface area contributed by atoms with Crippen LogP contribution in [-0.2, 0) is 20.6 Å². The van der Waals surface area contributed by atoms with Gasteiger partial charge in [0.1, 0.15) is 12.4 Å². The lowest BCUT2D eigenvalue weighted by molar-refractivity contribution is -0.126. The molecule has 30 heavy (non-hydrogen) atoms. The Hall–Kier alpha value is -2.38. The molecule has 1 heterocycles. The number of benzene rings is 2. The number of hydrogen-bond donors (Lipinski definition) is 1. The summed E-state index contributed by atoms with van der Waals surface area (Å²) in [7, 11) is -3.37. The van der Waals surface area contributed by atoms with Crippen LogP contribution in [0.2, 0.25) is 0 Å². The van der Waals surface area contributed by atoms with Crippen LogP contribution in [0.15, 0.2) is 54.6 Å². The van der Waals surface area contributed by atoms with Crippen molar-refractivity contribution >= 4 is 15.9 Å². The Kier molecular flexibility index (Phi) is 7.50. The van der Waals surface area contributed by atoms with E-state index in [9.17, 15) is 13.2 Å². The van der Waals surface area contributed by atoms with Gasteiger partial charge in [-0.2, -0.15) is 0 Å². The zero-order chi connectivity index (χ0) is 21.6. The fraction of sp³-hybridized carbons (Fsp3) is 0.435. The molecule has 0 bridgehead atoms. The van der Waals surface area contributed by atoms with Crippen molar-refractivity contribution < 1.29 is 17.9 Å². The van der Waals surface area contributed by atoms with E-state index in [1.807, 2.05) is 68.4 Å². The van der Waals surface area contributed by atoms with Crippen LogP contribution in [0.1, 0.15) is 30.9 Å². The fourth-order valence-corrected chi connectivity index (χ4v) is 5.17. The summed E-state index contributed by atoms with van der Waals surface area (Å²) in [4.78, 5) is 12.6. The van der Waals surface area contributed by atoms with Crippen molar-refractivity contribution in [3.8, 4) is 5.75 Å². The van der Waals surface area contributed by atoms with Crippen molar-refractivity contribution in [3.63, 3.8) is 0 Å². The highest BCUT2D eigenvalue weighted by atomic mass is 32.2. The number of hydrogen-bond acceptors (Lipinski definition) is 4. The molecule has 1 aliphatic heterocycles. The third-order valence-corrected chi connectivity index (χ3v) is 7.23. The summed E-state index contributed by atoms with van der Waals surface area (Å²) in [5.41, 5.74) is 1.83. The molecule has 2 aromatic carbocycles. The van der Waals surface area contributed by atoms with Crippen molar-refractivity contribution in [1.29, 1.82) is 0 Å². The largest absolute Gasteiger partial charge is 0.491 e. The molecular weight excluding hydrogens is 400 g/mol. The molecule has 1 atom stereocenters. The van der Waals surface area contributed by atoms with E-state index < -0.39 is 10.0 Å². The number of carbonyl (C=O) groups is 1. The maximum atomic E-state index is 12.7. The number of ether oxygens (including phenoxy) is 1. The molecule has 0 aliphatic carbocycles. The lowest BCUT2D eigenvalue weighted by atomic mass is 9.97. The Bertz CT molecular complexity index is 939. The first-order chi connectivity index (χ1) is 14.3. The number of amides is 1. The zero-order valence-electron chi connectivity index (χ0n) is 17.6. The van der Waals surface area contributed by atoms with Crippen LogP contribution in [0.4, 0.5) is 0 Å². The summed E-state index contributed by atoms with van der Waals surface area (Å²) in [6.45, 7) is 5.04. The maximum Gasteiger partial charge on any atom is 0.223 e. The third kappa shape index (κ3) is 6.06. The quantitative estimate of drug-likeness (QED) is 0.698. The van der Waals surface area contributed by atoms with Crippen LogP contribution >= 0.6 is 0 Å². The standard InChI is InChI=1S/C23H30N2O4S/c1-18-8-6-7-11-22(18)29-16-19(2)24-23(26)21-12-14-25(15-13-21)30(27,28)17-20-9-4-3-5-10-20/h3-11,19,21H,12-17H2,1-2H3,(H,24,26)/t19-/m1/s1. The highest BCUT2D eigenvalue weighted by Crippen LogP contribution is 2.22. The van der Waals surface area contributed by atoms with E-state index in [1.54, 1.807) is 0 Å². The van der Waals surface area contributed by atoms with Gasteiger partial charge in [-0.25, -0.2) is 12.7 Å². The predicted octanol–water partition coefficient (Wildman–Crippen LogP) is 3.12. The molecule has 1 aliphatic rings. The first-order valence-corrected chi connectivity index (χ1v) is 12.0. The highest BCUT2D eigenvalue weighted by Gasteiger charge is 2.31. The molecule has 0 spiro atoms. The maximum absolute atomic E-state index is 12.7. The van der Waals surface area contributed by atoms with Gasteiger partial charge in [0.15, 0.2) is 0 Å². The number of para-hydroxylation sites is 1. The molecule has 1 amide bonds. The Morgan fingerprint density at radius 3 is 2.40 bits per heavy atom. The van der Waals surface area contributed by atoms with E-state index >= 15 is 0 Å². The summed E-state index contributed by atoms with van der Waals surface area (Å²) in [6, 6.07) is 16.8. The molecule has 1 N–H and O–H groups in total. The zero-order valence-corrected chi connectivity index (χ0v) is 18.4. The van der Waals surface area contributed by atoms with Crippen LogP contribution in [0, 0.1) is 12.8 Å². The van der Waals surface area contributed by atoms with Gasteiger partial charge in [0.25, 0.3) is 0 Å². The summed E-state index contributed by atoms with van der Waals surface area (Å²) in [5, 5.41) is 3.00. The van der Waals surface area contributed by atoms with E-state index in [1.165, 1.54) is 4.31 Å². The number of nitrogens with zero attached hydrogens (tertiary/aromatic N) is 1. The minimum absolute atomic E-state index is 0.00201. The van der Waals surface area contributed by atoms with Crippen LogP contribution in [0.25, 0.3) is 0 Å². The minimum atomic E-state index is -3.37. The average Bonchev–Trinajstić information content (AvgIpc) is 2.73. The molecule has 0 saturated carbocycles. The number of aryl methyl sites for hydroxylation is 1. The van der Waals surface area contributed by atoms with Gasteiger partial charge >= 0.3 is 0 Å². The van der Waals surface area contributed by atoms with Gasteiger partial charge in [0.05, 0.1) is 11.8 Å². The van der Waals surface area contributed by atoms with Crippen LogP contribution in [-0.4, -0.2) is 44.4 Å². The average molecular weight is 431 g/mol. The van der Waals surface area contributed by atoms with Gasteiger partial charge in [-0.3, -0.25) is 4.79 Å². The van der Waals surface area contributed by atoms with E-state index in [-0.39, 0.29) is 23.6 Å². The Morgan fingerprint density at radius 1 is 1.10 bits per heavy atom. The molecule has 1 saturated heterocycles. The predicted molar refractivity (Wildman–Crippen MR) is 118 cm³/mol. The van der Waals surface area contributed by atoms with E-state index in [2.05, 4.69) is 5.32 Å². The number of rotatable bonds is 8. The van der Waals surface area contributed by atoms with Gasteiger partial charge in [0, 0.05) is 19.0 Å². The van der Waals surface area contributed by atoms with Crippen LogP contribution in [0.5, 0.6) is 5.75 Å². The molecule has 0 radical (unpaired) electrons. The Balaban J connectivity index is 1.45. The first kappa shape index (κ1) is 22.3. The minimum Gasteiger partial charge on any atom is -0.491 e. The summed E-state index contributed by atoms with van der Waals surface area (Å²) in [6.07, 6.45) is 1.07. The van der Waals surface area contributed by atoms with Gasteiger partial charge in [0.2, 0.25) is 15.9 Å². The number of piperidine rings is 1. The second-order valence-electron chi connectivity index (χ2n) is 7.90.